The van der Waals surface area contributed by atoms with E-state index < -0.39 is 0 Å². The number of furan rings is 1. The van der Waals surface area contributed by atoms with Gasteiger partial charge in [-0.15, -0.1) is 11.3 Å². The second-order valence-corrected chi connectivity index (χ2v) is 9.77. The van der Waals surface area contributed by atoms with Gasteiger partial charge in [0.1, 0.15) is 11.5 Å². The summed E-state index contributed by atoms with van der Waals surface area (Å²) in [6.45, 7) is 0.353. The normalized spacial score (nSPS) is 10.9. The summed E-state index contributed by atoms with van der Waals surface area (Å²) in [5.74, 6) is 2.12. The Morgan fingerprint density at radius 1 is 1.09 bits per heavy atom. The van der Waals surface area contributed by atoms with Crippen molar-refractivity contribution in [1.29, 1.82) is 0 Å². The number of methoxy groups -OCH3 is 1. The highest BCUT2D eigenvalue weighted by Gasteiger charge is 2.10. The summed E-state index contributed by atoms with van der Waals surface area (Å²) in [5.41, 5.74) is 2.75. The maximum absolute atomic E-state index is 12.3. The van der Waals surface area contributed by atoms with Crippen molar-refractivity contribution in [2.45, 2.75) is 35.9 Å². The predicted octanol–water partition coefficient (Wildman–Crippen LogP) is 5.62. The van der Waals surface area contributed by atoms with E-state index in [4.69, 9.17) is 9.15 Å². The number of fused-ring (bicyclic) bond motifs is 1. The number of carbonyl (C=O) groups excluding carboxylic acids is 2. The van der Waals surface area contributed by atoms with E-state index in [2.05, 4.69) is 21.7 Å². The molecule has 2 heterocycles. The zero-order chi connectivity index (χ0) is 23.8. The lowest BCUT2D eigenvalue weighted by molar-refractivity contribution is -0.121. The van der Waals surface area contributed by atoms with E-state index in [1.807, 2.05) is 36.4 Å². The van der Waals surface area contributed by atoms with Crippen molar-refractivity contribution < 1.29 is 18.7 Å². The third kappa shape index (κ3) is 6.61. The third-order valence-corrected chi connectivity index (χ3v) is 7.25. The number of para-hydroxylation sites is 1. The molecular weight excluding hydrogens is 470 g/mol. The van der Waals surface area contributed by atoms with Crippen LogP contribution in [0.4, 0.5) is 5.69 Å². The van der Waals surface area contributed by atoms with Gasteiger partial charge in [0.2, 0.25) is 11.8 Å². The largest absolute Gasteiger partial charge is 0.496 e. The van der Waals surface area contributed by atoms with Gasteiger partial charge in [-0.3, -0.25) is 9.59 Å². The number of amides is 2. The van der Waals surface area contributed by atoms with Crippen LogP contribution in [-0.2, 0) is 21.9 Å². The molecule has 0 aliphatic rings. The topological polar surface area (TPSA) is 93.5 Å². The van der Waals surface area contributed by atoms with Crippen molar-refractivity contribution in [2.75, 3.05) is 12.4 Å². The Morgan fingerprint density at radius 3 is 2.76 bits per heavy atom. The number of carbonyl (C=O) groups is 2. The molecule has 4 aromatic rings. The summed E-state index contributed by atoms with van der Waals surface area (Å²) in [4.78, 5) is 28.9. The summed E-state index contributed by atoms with van der Waals surface area (Å²) in [6, 6.07) is 17.2. The molecule has 0 bridgehead atoms. The molecular formula is C25H25N3O4S2. The number of rotatable bonds is 11. The van der Waals surface area contributed by atoms with Crippen LogP contribution in [0.5, 0.6) is 5.75 Å². The SMILES string of the molecule is COc1ccccc1CSc1nc2ccc(NC(=O)CCCC(=O)NCc3ccco3)cc2s1. The van der Waals surface area contributed by atoms with E-state index in [0.717, 1.165) is 37.3 Å². The molecule has 2 N–H and O–H groups in total. The molecule has 0 spiro atoms. The number of aromatic nitrogens is 1. The fourth-order valence-electron chi connectivity index (χ4n) is 3.32. The molecule has 0 aliphatic carbocycles. The summed E-state index contributed by atoms with van der Waals surface area (Å²) < 4.78 is 12.6. The second-order valence-electron chi connectivity index (χ2n) is 7.52. The number of hydrogen-bond donors (Lipinski definition) is 2. The molecule has 0 aliphatic heterocycles. The highest BCUT2D eigenvalue weighted by molar-refractivity contribution is 8.00. The van der Waals surface area contributed by atoms with Crippen LogP contribution in [0.15, 0.2) is 69.6 Å². The van der Waals surface area contributed by atoms with Crippen LogP contribution < -0.4 is 15.4 Å². The molecule has 2 aromatic heterocycles. The molecule has 0 radical (unpaired) electrons. The Hall–Kier alpha value is -3.30. The number of ether oxygens (including phenoxy) is 1. The van der Waals surface area contributed by atoms with Gasteiger partial charge in [0.15, 0.2) is 4.34 Å². The summed E-state index contributed by atoms with van der Waals surface area (Å²) in [5, 5.41) is 5.69. The number of thioether (sulfide) groups is 1. The zero-order valence-electron chi connectivity index (χ0n) is 18.7. The van der Waals surface area contributed by atoms with Crippen molar-refractivity contribution in [2.24, 2.45) is 0 Å². The van der Waals surface area contributed by atoms with Gasteiger partial charge in [0.05, 0.1) is 30.1 Å². The van der Waals surface area contributed by atoms with Gasteiger partial charge in [0.25, 0.3) is 0 Å². The lowest BCUT2D eigenvalue weighted by Crippen LogP contribution is -2.22. The van der Waals surface area contributed by atoms with Crippen molar-refractivity contribution in [3.63, 3.8) is 0 Å². The molecule has 34 heavy (non-hydrogen) atoms. The number of benzene rings is 2. The van der Waals surface area contributed by atoms with Crippen LogP contribution in [0, 0.1) is 0 Å². The van der Waals surface area contributed by atoms with Gasteiger partial charge >= 0.3 is 0 Å². The van der Waals surface area contributed by atoms with Crippen molar-refractivity contribution in [1.82, 2.24) is 10.3 Å². The summed E-state index contributed by atoms with van der Waals surface area (Å²) in [6.07, 6.45) is 2.60. The number of nitrogens with zero attached hydrogens (tertiary/aromatic N) is 1. The highest BCUT2D eigenvalue weighted by atomic mass is 32.2. The first-order valence-corrected chi connectivity index (χ1v) is 12.6. The van der Waals surface area contributed by atoms with E-state index in [0.29, 0.717) is 18.7 Å². The molecule has 0 saturated carbocycles. The minimum atomic E-state index is -0.117. The van der Waals surface area contributed by atoms with Crippen molar-refractivity contribution in [3.8, 4) is 5.75 Å². The first kappa shape index (κ1) is 23.8. The number of hydrogen-bond acceptors (Lipinski definition) is 7. The Labute approximate surface area is 205 Å². The fourth-order valence-corrected chi connectivity index (χ4v) is 5.42. The standard InChI is InChI=1S/C25H25N3O4S2/c1-31-21-8-3-2-6-17(21)16-33-25-28-20-12-11-18(14-22(20)34-25)27-24(30)10-4-9-23(29)26-15-19-7-5-13-32-19/h2-3,5-8,11-14H,4,9-10,15-16H2,1H3,(H,26,29)(H,27,30). The van der Waals surface area contributed by atoms with Crippen LogP contribution in [0.25, 0.3) is 10.2 Å². The van der Waals surface area contributed by atoms with Gasteiger partial charge in [-0.2, -0.15) is 0 Å². The highest BCUT2D eigenvalue weighted by Crippen LogP contribution is 2.34. The van der Waals surface area contributed by atoms with E-state index in [-0.39, 0.29) is 24.7 Å². The van der Waals surface area contributed by atoms with Crippen LogP contribution in [0.1, 0.15) is 30.6 Å². The number of nitrogens with one attached hydrogen (secondary N) is 2. The van der Waals surface area contributed by atoms with E-state index in [9.17, 15) is 9.59 Å². The fraction of sp³-hybridized carbons (Fsp3) is 0.240. The molecule has 0 atom stereocenters. The predicted molar refractivity (Wildman–Crippen MR) is 135 cm³/mol. The molecule has 2 aromatic carbocycles. The average molecular weight is 496 g/mol. The maximum atomic E-state index is 12.3. The third-order valence-electron chi connectivity index (χ3n) is 5.04. The molecule has 0 fully saturated rings. The van der Waals surface area contributed by atoms with Crippen LogP contribution in [-0.4, -0.2) is 23.9 Å². The molecule has 4 rings (SSSR count). The second kappa shape index (κ2) is 11.7. The monoisotopic (exact) mass is 495 g/mol. The number of thiazole rings is 1. The summed E-state index contributed by atoms with van der Waals surface area (Å²) >= 11 is 3.26. The lowest BCUT2D eigenvalue weighted by atomic mass is 10.2. The first-order chi connectivity index (χ1) is 16.6. The van der Waals surface area contributed by atoms with Gasteiger partial charge in [0, 0.05) is 29.8 Å². The van der Waals surface area contributed by atoms with Crippen LogP contribution >= 0.6 is 23.1 Å². The van der Waals surface area contributed by atoms with E-state index in [1.165, 1.54) is 0 Å². The van der Waals surface area contributed by atoms with Gasteiger partial charge in [-0.25, -0.2) is 4.98 Å². The lowest BCUT2D eigenvalue weighted by Gasteiger charge is -2.06. The zero-order valence-corrected chi connectivity index (χ0v) is 20.3. The van der Waals surface area contributed by atoms with Crippen molar-refractivity contribution in [3.05, 3.63) is 72.2 Å². The minimum Gasteiger partial charge on any atom is -0.496 e. The molecule has 0 unspecified atom stereocenters. The first-order valence-electron chi connectivity index (χ1n) is 10.8. The smallest absolute Gasteiger partial charge is 0.224 e. The van der Waals surface area contributed by atoms with E-state index >= 15 is 0 Å². The van der Waals surface area contributed by atoms with Gasteiger partial charge in [-0.05, 0) is 42.8 Å². The molecule has 176 valence electrons. The van der Waals surface area contributed by atoms with Gasteiger partial charge in [-0.1, -0.05) is 30.0 Å². The Kier molecular flexibility index (Phi) is 8.21. The Bertz CT molecular complexity index is 1250. The van der Waals surface area contributed by atoms with Crippen LogP contribution in [0.2, 0.25) is 0 Å². The Morgan fingerprint density at radius 2 is 1.94 bits per heavy atom. The molecule has 2 amide bonds. The van der Waals surface area contributed by atoms with Gasteiger partial charge < -0.3 is 19.8 Å². The molecule has 7 nitrogen and oxygen atoms in total. The van der Waals surface area contributed by atoms with Crippen LogP contribution in [0.3, 0.4) is 0 Å². The average Bonchev–Trinajstić information content (AvgIpc) is 3.51. The maximum Gasteiger partial charge on any atom is 0.224 e. The van der Waals surface area contributed by atoms with Crippen molar-refractivity contribution >= 4 is 50.8 Å². The molecule has 0 saturated heterocycles. The Balaban J connectivity index is 1.24. The molecule has 9 heteroatoms. The minimum absolute atomic E-state index is 0.103. The number of anilines is 1. The summed E-state index contributed by atoms with van der Waals surface area (Å²) in [7, 11) is 1.67. The quantitative estimate of drug-likeness (QED) is 0.263. The van der Waals surface area contributed by atoms with E-state index in [1.54, 1.807) is 48.6 Å².